The zero-order valence-electron chi connectivity index (χ0n) is 10.6. The molecule has 0 radical (unpaired) electrons. The number of aromatic hydroxyl groups is 1. The molecular formula is C15H16N2O2. The summed E-state index contributed by atoms with van der Waals surface area (Å²) in [6, 6.07) is 11.2. The van der Waals surface area contributed by atoms with Gasteiger partial charge in [0.1, 0.15) is 5.82 Å². The first-order chi connectivity index (χ1) is 9.21. The van der Waals surface area contributed by atoms with Crippen molar-refractivity contribution in [1.29, 1.82) is 0 Å². The highest BCUT2D eigenvalue weighted by atomic mass is 16.3. The lowest BCUT2D eigenvalue weighted by molar-refractivity contribution is 0.428. The number of aromatic amines is 1. The van der Waals surface area contributed by atoms with Gasteiger partial charge >= 0.3 is 0 Å². The molecule has 1 fully saturated rings. The first-order valence-corrected chi connectivity index (χ1v) is 6.57. The van der Waals surface area contributed by atoms with Crippen LogP contribution in [0, 0.1) is 0 Å². The van der Waals surface area contributed by atoms with Crippen LogP contribution in [0.15, 0.2) is 41.2 Å². The molecule has 1 aliphatic rings. The molecule has 2 aromatic rings. The molecule has 0 bridgehead atoms. The molecule has 0 aliphatic heterocycles. The maximum atomic E-state index is 11.6. The second-order valence-electron chi connectivity index (χ2n) is 5.11. The Bertz CT molecular complexity index is 628. The van der Waals surface area contributed by atoms with E-state index in [-0.39, 0.29) is 16.9 Å². The molecule has 0 atom stereocenters. The van der Waals surface area contributed by atoms with E-state index in [1.54, 1.807) is 0 Å². The van der Waals surface area contributed by atoms with Crippen molar-refractivity contribution in [3.8, 4) is 5.88 Å². The molecule has 0 amide bonds. The van der Waals surface area contributed by atoms with E-state index in [4.69, 9.17) is 0 Å². The summed E-state index contributed by atoms with van der Waals surface area (Å²) in [6.07, 6.45) is 4.11. The van der Waals surface area contributed by atoms with Crippen LogP contribution in [0.25, 0.3) is 0 Å². The van der Waals surface area contributed by atoms with Crippen molar-refractivity contribution in [3.05, 3.63) is 58.1 Å². The van der Waals surface area contributed by atoms with Crippen molar-refractivity contribution in [2.75, 3.05) is 0 Å². The van der Waals surface area contributed by atoms with Gasteiger partial charge in [-0.2, -0.15) is 4.98 Å². The van der Waals surface area contributed by atoms with E-state index in [9.17, 15) is 9.90 Å². The average molecular weight is 256 g/mol. The maximum absolute atomic E-state index is 11.6. The Hall–Kier alpha value is -2.10. The van der Waals surface area contributed by atoms with Gasteiger partial charge in [-0.05, 0) is 18.4 Å². The Balaban J connectivity index is 2.18. The van der Waals surface area contributed by atoms with Crippen LogP contribution < -0.4 is 5.56 Å². The van der Waals surface area contributed by atoms with Gasteiger partial charge in [0.05, 0.1) is 11.5 Å². The Morgan fingerprint density at radius 3 is 2.47 bits per heavy atom. The number of benzene rings is 1. The largest absolute Gasteiger partial charge is 0.493 e. The molecule has 0 spiro atoms. The minimum absolute atomic E-state index is 0.207. The lowest BCUT2D eigenvalue weighted by Crippen LogP contribution is -2.29. The zero-order chi connectivity index (χ0) is 13.3. The second kappa shape index (κ2) is 4.53. The van der Waals surface area contributed by atoms with Gasteiger partial charge in [0.15, 0.2) is 0 Å². The predicted molar refractivity (Wildman–Crippen MR) is 72.2 cm³/mol. The minimum atomic E-state index is -0.301. The standard InChI is InChI=1S/C15H16N2O2/c18-12-10-13(19)17-14(16-12)15(8-4-5-9-15)11-6-2-1-3-7-11/h1-3,6-7,10H,4-5,8-9H2,(H2,16,17,18,19). The minimum Gasteiger partial charge on any atom is -0.493 e. The number of nitrogens with one attached hydrogen (secondary N) is 1. The maximum Gasteiger partial charge on any atom is 0.254 e. The van der Waals surface area contributed by atoms with Gasteiger partial charge in [0.2, 0.25) is 5.88 Å². The fourth-order valence-electron chi connectivity index (χ4n) is 3.07. The van der Waals surface area contributed by atoms with Crippen molar-refractivity contribution in [2.45, 2.75) is 31.1 Å². The van der Waals surface area contributed by atoms with Crippen molar-refractivity contribution >= 4 is 0 Å². The van der Waals surface area contributed by atoms with Gasteiger partial charge in [0, 0.05) is 0 Å². The topological polar surface area (TPSA) is 66.0 Å². The van der Waals surface area contributed by atoms with E-state index in [0.717, 1.165) is 37.3 Å². The molecule has 2 N–H and O–H groups in total. The average Bonchev–Trinajstić information content (AvgIpc) is 2.89. The zero-order valence-corrected chi connectivity index (χ0v) is 10.6. The molecule has 1 heterocycles. The summed E-state index contributed by atoms with van der Waals surface area (Å²) >= 11 is 0. The molecule has 1 saturated carbocycles. The highest BCUT2D eigenvalue weighted by molar-refractivity contribution is 5.34. The molecule has 4 nitrogen and oxygen atoms in total. The van der Waals surface area contributed by atoms with E-state index in [0.29, 0.717) is 5.82 Å². The Morgan fingerprint density at radius 2 is 1.84 bits per heavy atom. The first-order valence-electron chi connectivity index (χ1n) is 6.57. The fraction of sp³-hybridized carbons (Fsp3) is 0.333. The lowest BCUT2D eigenvalue weighted by atomic mass is 9.78. The van der Waals surface area contributed by atoms with Crippen molar-refractivity contribution in [3.63, 3.8) is 0 Å². The van der Waals surface area contributed by atoms with Crippen LogP contribution in [-0.2, 0) is 5.41 Å². The van der Waals surface area contributed by atoms with E-state index < -0.39 is 0 Å². The van der Waals surface area contributed by atoms with Gasteiger partial charge in [-0.15, -0.1) is 0 Å². The Kier molecular flexibility index (Phi) is 2.85. The summed E-state index contributed by atoms with van der Waals surface area (Å²) in [5.74, 6) is 0.377. The van der Waals surface area contributed by atoms with Crippen LogP contribution in [-0.4, -0.2) is 15.1 Å². The van der Waals surface area contributed by atoms with E-state index in [1.807, 2.05) is 18.2 Å². The smallest absolute Gasteiger partial charge is 0.254 e. The van der Waals surface area contributed by atoms with E-state index >= 15 is 0 Å². The number of rotatable bonds is 2. The molecule has 1 aromatic heterocycles. The number of H-pyrrole nitrogens is 1. The summed E-state index contributed by atoms with van der Waals surface area (Å²) < 4.78 is 0. The van der Waals surface area contributed by atoms with Crippen molar-refractivity contribution < 1.29 is 5.11 Å². The van der Waals surface area contributed by atoms with E-state index in [2.05, 4.69) is 22.1 Å². The third kappa shape index (κ3) is 2.03. The SMILES string of the molecule is O=c1cc(O)nc(C2(c3ccccc3)CCCC2)[nH]1. The second-order valence-corrected chi connectivity index (χ2v) is 5.11. The van der Waals surface area contributed by atoms with Crippen LogP contribution >= 0.6 is 0 Å². The third-order valence-corrected chi connectivity index (χ3v) is 3.96. The quantitative estimate of drug-likeness (QED) is 0.866. The van der Waals surface area contributed by atoms with Crippen molar-refractivity contribution in [2.24, 2.45) is 0 Å². The summed E-state index contributed by atoms with van der Waals surface area (Å²) in [7, 11) is 0. The summed E-state index contributed by atoms with van der Waals surface area (Å²) in [5.41, 5.74) is 0.588. The van der Waals surface area contributed by atoms with Gasteiger partial charge in [-0.25, -0.2) is 0 Å². The van der Waals surface area contributed by atoms with Crippen LogP contribution in [0.4, 0.5) is 0 Å². The summed E-state index contributed by atoms with van der Waals surface area (Å²) in [5, 5.41) is 9.58. The molecule has 19 heavy (non-hydrogen) atoms. The molecule has 4 heteroatoms. The molecule has 1 aliphatic carbocycles. The Morgan fingerprint density at radius 1 is 1.16 bits per heavy atom. The highest BCUT2D eigenvalue weighted by Crippen LogP contribution is 2.44. The number of hydrogen-bond donors (Lipinski definition) is 2. The summed E-state index contributed by atoms with van der Waals surface area (Å²) in [4.78, 5) is 18.6. The number of hydrogen-bond acceptors (Lipinski definition) is 3. The van der Waals surface area contributed by atoms with Crippen LogP contribution in [0.5, 0.6) is 5.88 Å². The lowest BCUT2D eigenvalue weighted by Gasteiger charge is -2.28. The van der Waals surface area contributed by atoms with Crippen molar-refractivity contribution in [1.82, 2.24) is 9.97 Å². The third-order valence-electron chi connectivity index (χ3n) is 3.96. The normalized spacial score (nSPS) is 17.5. The van der Waals surface area contributed by atoms with Gasteiger partial charge in [0.25, 0.3) is 5.56 Å². The molecule has 0 unspecified atom stereocenters. The monoisotopic (exact) mass is 256 g/mol. The van der Waals surface area contributed by atoms with Gasteiger partial charge in [-0.3, -0.25) is 4.79 Å². The van der Waals surface area contributed by atoms with Gasteiger partial charge in [-0.1, -0.05) is 43.2 Å². The number of nitrogens with zero attached hydrogens (tertiary/aromatic N) is 1. The van der Waals surface area contributed by atoms with Crippen LogP contribution in [0.1, 0.15) is 37.1 Å². The predicted octanol–water partition coefficient (Wildman–Crippen LogP) is 2.34. The van der Waals surface area contributed by atoms with Gasteiger partial charge < -0.3 is 10.1 Å². The van der Waals surface area contributed by atoms with Crippen LogP contribution in [0.3, 0.4) is 0 Å². The molecule has 1 aromatic carbocycles. The highest BCUT2D eigenvalue weighted by Gasteiger charge is 2.39. The fourth-order valence-corrected chi connectivity index (χ4v) is 3.07. The first kappa shape index (κ1) is 12.0. The number of aromatic nitrogens is 2. The molecule has 0 saturated heterocycles. The molecule has 98 valence electrons. The molecular weight excluding hydrogens is 240 g/mol. The van der Waals surface area contributed by atoms with Crippen LogP contribution in [0.2, 0.25) is 0 Å². The molecule has 3 rings (SSSR count). The van der Waals surface area contributed by atoms with E-state index in [1.165, 1.54) is 0 Å². The summed E-state index contributed by atoms with van der Waals surface area (Å²) in [6.45, 7) is 0. The Labute approximate surface area is 111 Å².